The van der Waals surface area contributed by atoms with Gasteiger partial charge in [-0.2, -0.15) is 13.2 Å². The lowest BCUT2D eigenvalue weighted by molar-refractivity contribution is -0.742. The summed E-state index contributed by atoms with van der Waals surface area (Å²) in [6.07, 6.45) is 3.13. The molecular formula is C15H11F3N6O3S. The van der Waals surface area contributed by atoms with E-state index in [0.29, 0.717) is 11.0 Å². The van der Waals surface area contributed by atoms with Gasteiger partial charge in [-0.3, -0.25) is 10.1 Å². The van der Waals surface area contributed by atoms with Crippen LogP contribution < -0.4 is 15.1 Å². The number of carbonyl (C=O) groups excluding carboxylic acids is 2. The van der Waals surface area contributed by atoms with Crippen LogP contribution in [-0.4, -0.2) is 38.1 Å². The maximum Gasteiger partial charge on any atom is 0.430 e. The Balaban J connectivity index is 0.000000345. The van der Waals surface area contributed by atoms with E-state index in [1.165, 1.54) is 16.0 Å². The molecule has 0 aliphatic rings. The molecule has 0 radical (unpaired) electrons. The van der Waals surface area contributed by atoms with Crippen LogP contribution in [-0.2, 0) is 16.1 Å². The number of alkyl halides is 3. The van der Waals surface area contributed by atoms with Crippen molar-refractivity contribution in [1.29, 1.82) is 0 Å². The molecule has 9 nitrogen and oxygen atoms in total. The highest BCUT2D eigenvalue weighted by Crippen LogP contribution is 2.12. The maximum atomic E-state index is 11.8. The summed E-state index contributed by atoms with van der Waals surface area (Å²) < 4.78 is 33.1. The van der Waals surface area contributed by atoms with Crippen LogP contribution in [0.15, 0.2) is 48.5 Å². The number of aliphatic carboxylic acids is 1. The number of hydrogen-bond donors (Lipinski definition) is 1. The van der Waals surface area contributed by atoms with Gasteiger partial charge in [0.05, 0.1) is 0 Å². The van der Waals surface area contributed by atoms with Crippen molar-refractivity contribution in [2.45, 2.75) is 12.7 Å². The lowest BCUT2D eigenvalue weighted by Crippen LogP contribution is -2.43. The van der Waals surface area contributed by atoms with E-state index in [0.717, 1.165) is 5.56 Å². The van der Waals surface area contributed by atoms with Crippen LogP contribution in [0.5, 0.6) is 0 Å². The predicted octanol–water partition coefficient (Wildman–Crippen LogP) is 0.220. The molecule has 0 spiro atoms. The minimum absolute atomic E-state index is 0.121. The molecule has 0 bridgehead atoms. The number of nitrogens with one attached hydrogen (secondary N) is 1. The second-order valence-electron chi connectivity index (χ2n) is 4.86. The quantitative estimate of drug-likeness (QED) is 0.608. The van der Waals surface area contributed by atoms with Gasteiger partial charge in [-0.15, -0.1) is 11.3 Å². The molecular weight excluding hydrogens is 401 g/mol. The highest BCUT2D eigenvalue weighted by atomic mass is 32.1. The monoisotopic (exact) mass is 412 g/mol. The average Bonchev–Trinajstić information content (AvgIpc) is 3.15. The van der Waals surface area contributed by atoms with E-state index in [2.05, 4.69) is 25.4 Å². The van der Waals surface area contributed by atoms with E-state index in [-0.39, 0.29) is 12.5 Å². The van der Waals surface area contributed by atoms with Crippen molar-refractivity contribution in [3.05, 3.63) is 48.5 Å². The first-order valence-electron chi connectivity index (χ1n) is 7.36. The van der Waals surface area contributed by atoms with Crippen molar-refractivity contribution in [2.24, 2.45) is 0 Å². The molecule has 0 unspecified atom stereocenters. The number of thiazole rings is 1. The Hall–Kier alpha value is -3.48. The zero-order chi connectivity index (χ0) is 20.6. The Kier molecular flexibility index (Phi) is 7.03. The van der Waals surface area contributed by atoms with E-state index in [4.69, 9.17) is 9.90 Å². The number of aromatic nitrogens is 5. The highest BCUT2D eigenvalue weighted by molar-refractivity contribution is 7.13. The standard InChI is InChI=1S/C13H10N6OS.C2HF3O2/c20-11(18-13-16-5-7-21-13)9-19-6-2-10(8-17-19)12-14-3-1-4-15-12;3-2(4,5)1(6)7/h1-8H,9H2;(H,6,7). The topological polar surface area (TPSA) is 125 Å². The first kappa shape index (κ1) is 20.8. The lowest BCUT2D eigenvalue weighted by Gasteiger charge is -2.03. The fraction of sp³-hybridized carbons (Fsp3) is 0.133. The molecule has 1 N–H and O–H groups in total. The first-order valence-corrected chi connectivity index (χ1v) is 8.24. The van der Waals surface area contributed by atoms with Gasteiger partial charge in [0.15, 0.2) is 17.2 Å². The van der Waals surface area contributed by atoms with Crippen LogP contribution in [0.3, 0.4) is 0 Å². The number of hydrogen-bond acceptors (Lipinski definition) is 8. The summed E-state index contributed by atoms with van der Waals surface area (Å²) in [5.74, 6) is -2.58. The third kappa shape index (κ3) is 6.68. The predicted molar refractivity (Wildman–Crippen MR) is 87.3 cm³/mol. The van der Waals surface area contributed by atoms with Gasteiger partial charge in [-0.05, 0) is 11.2 Å². The van der Waals surface area contributed by atoms with Gasteiger partial charge in [-0.25, -0.2) is 15.0 Å². The van der Waals surface area contributed by atoms with Crippen molar-refractivity contribution in [3.63, 3.8) is 0 Å². The van der Waals surface area contributed by atoms with Gasteiger partial charge < -0.3 is 9.90 Å². The molecule has 0 saturated carbocycles. The van der Waals surface area contributed by atoms with Crippen molar-refractivity contribution < 1.29 is 32.5 Å². The van der Waals surface area contributed by atoms with E-state index in [9.17, 15) is 18.0 Å². The average molecular weight is 412 g/mol. The second kappa shape index (κ2) is 9.45. The second-order valence-corrected chi connectivity index (χ2v) is 5.75. The molecule has 3 heterocycles. The molecule has 1 amide bonds. The molecule has 0 aliphatic carbocycles. The minimum atomic E-state index is -5.19. The fourth-order valence-electron chi connectivity index (χ4n) is 1.65. The van der Waals surface area contributed by atoms with Crippen molar-refractivity contribution in [1.82, 2.24) is 20.1 Å². The molecule has 3 aromatic rings. The Labute approximate surface area is 159 Å². The summed E-state index contributed by atoms with van der Waals surface area (Å²) in [6.45, 7) is 0.121. The van der Waals surface area contributed by atoms with Crippen molar-refractivity contribution >= 4 is 28.3 Å². The summed E-state index contributed by atoms with van der Waals surface area (Å²) in [4.78, 5) is 32.9. The maximum absolute atomic E-state index is 11.8. The molecule has 0 fully saturated rings. The number of nitrogens with zero attached hydrogens (tertiary/aromatic N) is 5. The normalized spacial score (nSPS) is 10.5. The Morgan fingerprint density at radius 1 is 1.18 bits per heavy atom. The number of amides is 1. The van der Waals surface area contributed by atoms with Gasteiger partial charge in [0, 0.05) is 35.6 Å². The van der Waals surface area contributed by atoms with Gasteiger partial charge in [0.25, 0.3) is 12.5 Å². The summed E-state index contributed by atoms with van der Waals surface area (Å²) >= 11 is 1.37. The fourth-order valence-corrected chi connectivity index (χ4v) is 2.19. The van der Waals surface area contributed by atoms with E-state index >= 15 is 0 Å². The Morgan fingerprint density at radius 2 is 1.86 bits per heavy atom. The van der Waals surface area contributed by atoms with Gasteiger partial charge in [-0.1, -0.05) is 4.68 Å². The molecule has 0 atom stereocenters. The summed E-state index contributed by atoms with van der Waals surface area (Å²) in [7, 11) is 0. The third-order valence-corrected chi connectivity index (χ3v) is 3.50. The van der Waals surface area contributed by atoms with Gasteiger partial charge in [0.2, 0.25) is 0 Å². The first-order chi connectivity index (χ1) is 13.3. The summed E-state index contributed by atoms with van der Waals surface area (Å²) in [5, 5.41) is 18.0. The van der Waals surface area contributed by atoms with E-state index < -0.39 is 12.1 Å². The summed E-state index contributed by atoms with van der Waals surface area (Å²) in [6, 6.07) is 3.57. The Morgan fingerprint density at radius 3 is 2.36 bits per heavy atom. The van der Waals surface area contributed by atoms with Crippen LogP contribution in [0.2, 0.25) is 0 Å². The van der Waals surface area contributed by atoms with E-state index in [1.54, 1.807) is 42.4 Å². The molecule has 0 aromatic carbocycles. The van der Waals surface area contributed by atoms with Crippen LogP contribution in [0.25, 0.3) is 11.4 Å². The van der Waals surface area contributed by atoms with E-state index in [1.807, 2.05) is 6.07 Å². The van der Waals surface area contributed by atoms with Crippen LogP contribution >= 0.6 is 11.3 Å². The highest BCUT2D eigenvalue weighted by Gasteiger charge is 2.28. The summed E-state index contributed by atoms with van der Waals surface area (Å²) in [5.41, 5.74) is 0.798. The molecule has 0 saturated heterocycles. The molecule has 146 valence electrons. The number of carbonyl (C=O) groups is 2. The Bertz CT molecular complexity index is 905. The zero-order valence-electron chi connectivity index (χ0n) is 13.8. The van der Waals surface area contributed by atoms with Crippen LogP contribution in [0.4, 0.5) is 18.3 Å². The van der Waals surface area contributed by atoms with Crippen molar-refractivity contribution in [3.8, 4) is 11.4 Å². The minimum Gasteiger partial charge on any atom is -0.542 e. The third-order valence-electron chi connectivity index (χ3n) is 2.81. The molecule has 0 aliphatic heterocycles. The van der Waals surface area contributed by atoms with Gasteiger partial charge >= 0.3 is 6.18 Å². The molecule has 3 rings (SSSR count). The van der Waals surface area contributed by atoms with Crippen molar-refractivity contribution in [2.75, 3.05) is 5.32 Å². The lowest BCUT2D eigenvalue weighted by atomic mass is 10.3. The molecule has 3 aromatic heterocycles. The van der Waals surface area contributed by atoms with Crippen LogP contribution in [0, 0.1) is 0 Å². The molecule has 28 heavy (non-hydrogen) atoms. The number of anilines is 1. The van der Waals surface area contributed by atoms with Crippen LogP contribution in [0.1, 0.15) is 0 Å². The number of halogens is 3. The number of rotatable bonds is 4. The largest absolute Gasteiger partial charge is 0.542 e. The number of carboxylic acid groups (broad SMARTS) is 1. The zero-order valence-corrected chi connectivity index (χ0v) is 14.6. The molecule has 13 heteroatoms. The SMILES string of the molecule is O=C(C[n+]1ccc(-c2ncccn2)cn1)Nc1nccs1.O=C([O-])C(F)(F)F. The van der Waals surface area contributed by atoms with Gasteiger partial charge in [0.1, 0.15) is 12.2 Å². The number of carboxylic acids is 1. The smallest absolute Gasteiger partial charge is 0.430 e.